The Labute approximate surface area is 120 Å². The van der Waals surface area contributed by atoms with E-state index >= 15 is 0 Å². The molecule has 0 bridgehead atoms. The van der Waals surface area contributed by atoms with Crippen LogP contribution in [0.1, 0.15) is 32.6 Å². The van der Waals surface area contributed by atoms with Crippen LogP contribution in [-0.4, -0.2) is 18.9 Å². The van der Waals surface area contributed by atoms with Crippen LogP contribution in [0.2, 0.25) is 0 Å². The van der Waals surface area contributed by atoms with Gasteiger partial charge in [0.25, 0.3) is 10.0 Å². The fraction of sp³-hybridized carbons (Fsp3) is 0.600. The number of anilines is 1. The highest BCUT2D eigenvalue weighted by atomic mass is 32.2. The molecule has 0 unspecified atom stereocenters. The van der Waals surface area contributed by atoms with Crippen LogP contribution in [0.15, 0.2) is 10.3 Å². The molecule has 0 amide bonds. The van der Waals surface area contributed by atoms with Crippen molar-refractivity contribution in [3.63, 3.8) is 0 Å². The van der Waals surface area contributed by atoms with Crippen molar-refractivity contribution in [2.75, 3.05) is 5.43 Å². The fourth-order valence-electron chi connectivity index (χ4n) is 2.36. The average Bonchev–Trinajstić information content (AvgIpc) is 2.94. The van der Waals surface area contributed by atoms with Crippen LogP contribution in [0.3, 0.4) is 0 Å². The maximum Gasteiger partial charge on any atom is 0.306 e. The van der Waals surface area contributed by atoms with Crippen LogP contribution < -0.4 is 16.0 Å². The first-order valence-corrected chi connectivity index (χ1v) is 8.36. The number of rotatable bonds is 5. The van der Waals surface area contributed by atoms with Gasteiger partial charge in [-0.15, -0.1) is 0 Å². The third-order valence-electron chi connectivity index (χ3n) is 3.37. The third-order valence-corrected chi connectivity index (χ3v) is 6.54. The molecule has 8 nitrogen and oxygen atoms in total. The molecule has 4 N–H and O–H groups in total. The van der Waals surface area contributed by atoms with Crippen molar-refractivity contribution in [2.24, 2.45) is 5.84 Å². The van der Waals surface area contributed by atoms with Gasteiger partial charge in [0.15, 0.2) is 5.00 Å². The van der Waals surface area contributed by atoms with E-state index in [0.717, 1.165) is 43.1 Å². The van der Waals surface area contributed by atoms with Gasteiger partial charge in [-0.3, -0.25) is 10.1 Å². The maximum atomic E-state index is 12.3. The molecule has 1 saturated carbocycles. The number of nitrogens with zero attached hydrogens (tertiary/aromatic N) is 1. The summed E-state index contributed by atoms with van der Waals surface area (Å²) in [6, 6.07) is 1.03. The van der Waals surface area contributed by atoms with Gasteiger partial charge in [0.2, 0.25) is 0 Å². The fourth-order valence-corrected chi connectivity index (χ4v) is 5.07. The number of thiophene rings is 1. The molecule has 1 fully saturated rings. The molecular weight excluding hydrogens is 304 g/mol. The van der Waals surface area contributed by atoms with Gasteiger partial charge in [0.05, 0.1) is 4.92 Å². The first kappa shape index (κ1) is 15.2. The van der Waals surface area contributed by atoms with Gasteiger partial charge in [-0.05, 0) is 19.8 Å². The van der Waals surface area contributed by atoms with E-state index in [1.165, 1.54) is 0 Å². The normalized spacial score (nSPS) is 18.1. The summed E-state index contributed by atoms with van der Waals surface area (Å²) in [6.45, 7) is 1.85. The number of nitro groups is 1. The second-order valence-corrected chi connectivity index (χ2v) is 8.02. The lowest BCUT2D eigenvalue weighted by Crippen LogP contribution is -2.43. The molecule has 0 atom stereocenters. The predicted octanol–water partition coefficient (Wildman–Crippen LogP) is 1.55. The zero-order valence-electron chi connectivity index (χ0n) is 10.9. The summed E-state index contributed by atoms with van der Waals surface area (Å²) in [6.07, 6.45) is 3.47. The summed E-state index contributed by atoms with van der Waals surface area (Å²) in [4.78, 5) is 10.2. The number of hydrogen-bond acceptors (Lipinski definition) is 7. The van der Waals surface area contributed by atoms with Crippen molar-refractivity contribution >= 4 is 32.0 Å². The van der Waals surface area contributed by atoms with Crippen molar-refractivity contribution in [1.29, 1.82) is 0 Å². The predicted molar refractivity (Wildman–Crippen MR) is 76.0 cm³/mol. The number of sulfonamides is 1. The van der Waals surface area contributed by atoms with Crippen LogP contribution in [0.5, 0.6) is 0 Å². The minimum atomic E-state index is -3.78. The summed E-state index contributed by atoms with van der Waals surface area (Å²) in [7, 11) is -3.78. The highest BCUT2D eigenvalue weighted by Crippen LogP contribution is 2.38. The maximum absolute atomic E-state index is 12.3. The van der Waals surface area contributed by atoms with Gasteiger partial charge in [-0.1, -0.05) is 24.2 Å². The average molecular weight is 320 g/mol. The molecule has 0 aromatic carbocycles. The van der Waals surface area contributed by atoms with Crippen LogP contribution in [0, 0.1) is 10.1 Å². The number of nitrogen functional groups attached to an aromatic ring is 1. The molecule has 0 aliphatic heterocycles. The van der Waals surface area contributed by atoms with Gasteiger partial charge in [-0.2, -0.15) is 0 Å². The molecule has 20 heavy (non-hydrogen) atoms. The molecule has 1 aromatic heterocycles. The Morgan fingerprint density at radius 1 is 1.45 bits per heavy atom. The summed E-state index contributed by atoms with van der Waals surface area (Å²) in [5.74, 6) is 5.18. The van der Waals surface area contributed by atoms with E-state index in [9.17, 15) is 18.5 Å². The first-order valence-electron chi connectivity index (χ1n) is 6.06. The van der Waals surface area contributed by atoms with Crippen LogP contribution in [0.25, 0.3) is 0 Å². The molecule has 10 heteroatoms. The van der Waals surface area contributed by atoms with Gasteiger partial charge in [0, 0.05) is 11.6 Å². The zero-order valence-corrected chi connectivity index (χ0v) is 12.5. The number of hydrogen-bond donors (Lipinski definition) is 3. The molecule has 0 spiro atoms. The summed E-state index contributed by atoms with van der Waals surface area (Å²) in [5, 5.41) is 10.9. The molecule has 1 aliphatic rings. The molecule has 0 radical (unpaired) electrons. The Bertz CT molecular complexity index is 619. The van der Waals surface area contributed by atoms with Gasteiger partial charge < -0.3 is 5.43 Å². The van der Waals surface area contributed by atoms with E-state index in [-0.39, 0.29) is 14.9 Å². The lowest BCUT2D eigenvalue weighted by atomic mass is 10.0. The zero-order chi connectivity index (χ0) is 15.0. The van der Waals surface area contributed by atoms with Crippen molar-refractivity contribution in [1.82, 2.24) is 4.72 Å². The number of hydrazine groups is 1. The van der Waals surface area contributed by atoms with E-state index in [2.05, 4.69) is 10.1 Å². The van der Waals surface area contributed by atoms with Crippen molar-refractivity contribution in [3.8, 4) is 0 Å². The Morgan fingerprint density at radius 3 is 2.50 bits per heavy atom. The standard InChI is InChI=1S/C10H16N4O4S2/c1-10(4-2-3-5-10)13-20(17,18)8-6-7(14(15)16)9(12-11)19-8/h6,12-13H,2-5,11H2,1H3. The highest BCUT2D eigenvalue weighted by Gasteiger charge is 2.35. The van der Waals surface area contributed by atoms with E-state index in [0.29, 0.717) is 0 Å². The Morgan fingerprint density at radius 2 is 2.05 bits per heavy atom. The summed E-state index contributed by atoms with van der Waals surface area (Å²) >= 11 is 0.749. The Kier molecular flexibility index (Phi) is 4.00. The molecule has 112 valence electrons. The van der Waals surface area contributed by atoms with E-state index in [1.54, 1.807) is 0 Å². The quantitative estimate of drug-likeness (QED) is 0.429. The molecular formula is C10H16N4O4S2. The van der Waals surface area contributed by atoms with Crippen LogP contribution in [0.4, 0.5) is 10.7 Å². The Hall–Kier alpha value is -1.23. The van der Waals surface area contributed by atoms with Gasteiger partial charge in [-0.25, -0.2) is 19.0 Å². The molecule has 1 heterocycles. The lowest BCUT2D eigenvalue weighted by molar-refractivity contribution is -0.383. The summed E-state index contributed by atoms with van der Waals surface area (Å²) in [5.41, 5.74) is 1.34. The number of nitrogens with two attached hydrogens (primary N) is 1. The summed E-state index contributed by atoms with van der Waals surface area (Å²) < 4.78 is 27.1. The third kappa shape index (κ3) is 2.92. The van der Waals surface area contributed by atoms with Crippen molar-refractivity contribution in [3.05, 3.63) is 16.2 Å². The number of nitrogens with one attached hydrogen (secondary N) is 2. The van der Waals surface area contributed by atoms with Crippen molar-refractivity contribution in [2.45, 2.75) is 42.4 Å². The smallest absolute Gasteiger partial charge is 0.306 e. The van der Waals surface area contributed by atoms with E-state index in [4.69, 9.17) is 5.84 Å². The minimum Gasteiger partial charge on any atom is -0.310 e. The first-order chi connectivity index (χ1) is 9.27. The molecule has 0 saturated heterocycles. The SMILES string of the molecule is CC1(NS(=O)(=O)c2cc([N+](=O)[O-])c(NN)s2)CCCC1. The lowest BCUT2D eigenvalue weighted by Gasteiger charge is -2.24. The Balaban J connectivity index is 2.32. The van der Waals surface area contributed by atoms with Gasteiger partial charge in [0.1, 0.15) is 4.21 Å². The second-order valence-electron chi connectivity index (χ2n) is 5.05. The largest absolute Gasteiger partial charge is 0.310 e. The van der Waals surface area contributed by atoms with E-state index in [1.807, 2.05) is 6.92 Å². The van der Waals surface area contributed by atoms with Gasteiger partial charge >= 0.3 is 5.69 Å². The highest BCUT2D eigenvalue weighted by molar-refractivity contribution is 7.91. The minimum absolute atomic E-state index is 0.0203. The van der Waals surface area contributed by atoms with Crippen LogP contribution >= 0.6 is 11.3 Å². The molecule has 1 aliphatic carbocycles. The second kappa shape index (κ2) is 5.28. The molecule has 1 aromatic rings. The van der Waals surface area contributed by atoms with Crippen LogP contribution in [-0.2, 0) is 10.0 Å². The monoisotopic (exact) mass is 320 g/mol. The topological polar surface area (TPSA) is 127 Å². The van der Waals surface area contributed by atoms with Crippen molar-refractivity contribution < 1.29 is 13.3 Å². The molecule has 2 rings (SSSR count). The van der Waals surface area contributed by atoms with E-state index < -0.39 is 20.5 Å².